The number of nitrogens with zero attached hydrogens (tertiary/aromatic N) is 2. The van der Waals surface area contributed by atoms with Crippen LogP contribution in [0.25, 0.3) is 22.3 Å². The molecule has 3 rings (SSSR count). The molecule has 0 saturated carbocycles. The highest BCUT2D eigenvalue weighted by Gasteiger charge is 2.16. The van der Waals surface area contributed by atoms with Crippen molar-refractivity contribution in [1.29, 1.82) is 0 Å². The largest absolute Gasteiger partial charge is 0.548 e. The molecular formula is C20H19ClN3O2-. The van der Waals surface area contributed by atoms with Crippen molar-refractivity contribution in [1.82, 2.24) is 9.97 Å². The van der Waals surface area contributed by atoms with Gasteiger partial charge in [-0.15, -0.1) is 0 Å². The average Bonchev–Trinajstić information content (AvgIpc) is 2.61. The SMILES string of the molecule is CC(C)C[C@H](Nc1nc(-c2ccc(Cl)cc2)nc2ccccc12)C(=O)[O-]. The maximum Gasteiger partial charge on any atom is 0.162 e. The number of hydrogen-bond acceptors (Lipinski definition) is 5. The Morgan fingerprint density at radius 2 is 1.81 bits per heavy atom. The van der Waals surface area contributed by atoms with E-state index in [-0.39, 0.29) is 5.92 Å². The zero-order chi connectivity index (χ0) is 18.7. The van der Waals surface area contributed by atoms with Crippen molar-refractivity contribution in [2.45, 2.75) is 26.3 Å². The molecule has 1 aromatic heterocycles. The molecule has 26 heavy (non-hydrogen) atoms. The first-order valence-electron chi connectivity index (χ1n) is 8.44. The molecule has 0 amide bonds. The van der Waals surface area contributed by atoms with Gasteiger partial charge >= 0.3 is 0 Å². The Labute approximate surface area is 157 Å². The molecule has 5 nitrogen and oxygen atoms in total. The van der Waals surface area contributed by atoms with E-state index < -0.39 is 12.0 Å². The molecule has 134 valence electrons. The molecule has 1 heterocycles. The summed E-state index contributed by atoms with van der Waals surface area (Å²) in [5.41, 5.74) is 1.54. The highest BCUT2D eigenvalue weighted by molar-refractivity contribution is 6.30. The Hall–Kier alpha value is -2.66. The minimum atomic E-state index is -1.14. The van der Waals surface area contributed by atoms with Crippen LogP contribution in [0.2, 0.25) is 5.02 Å². The number of carboxylic acids is 1. The Morgan fingerprint density at radius 3 is 2.46 bits per heavy atom. The smallest absolute Gasteiger partial charge is 0.162 e. The summed E-state index contributed by atoms with van der Waals surface area (Å²) in [6.07, 6.45) is 0.441. The second-order valence-corrected chi connectivity index (χ2v) is 7.00. The van der Waals surface area contributed by atoms with Gasteiger partial charge in [0.2, 0.25) is 0 Å². The number of anilines is 1. The maximum atomic E-state index is 11.5. The molecule has 0 spiro atoms. The molecule has 2 aromatic carbocycles. The summed E-state index contributed by atoms with van der Waals surface area (Å²) in [6, 6.07) is 13.9. The molecule has 6 heteroatoms. The van der Waals surface area contributed by atoms with Crippen molar-refractivity contribution >= 4 is 34.3 Å². The highest BCUT2D eigenvalue weighted by Crippen LogP contribution is 2.26. The zero-order valence-corrected chi connectivity index (χ0v) is 15.3. The summed E-state index contributed by atoms with van der Waals surface area (Å²) >= 11 is 5.95. The number of rotatable bonds is 6. The van der Waals surface area contributed by atoms with Gasteiger partial charge in [0.25, 0.3) is 0 Å². The van der Waals surface area contributed by atoms with Crippen LogP contribution in [-0.4, -0.2) is 22.0 Å². The van der Waals surface area contributed by atoms with Gasteiger partial charge in [-0.05, 0) is 48.7 Å². The normalized spacial score (nSPS) is 12.3. The van der Waals surface area contributed by atoms with Gasteiger partial charge in [0.1, 0.15) is 5.82 Å². The first-order valence-corrected chi connectivity index (χ1v) is 8.82. The van der Waals surface area contributed by atoms with Gasteiger partial charge in [-0.1, -0.05) is 37.6 Å². The quantitative estimate of drug-likeness (QED) is 0.720. The van der Waals surface area contributed by atoms with Crippen molar-refractivity contribution in [3.8, 4) is 11.4 Å². The number of hydrogen-bond donors (Lipinski definition) is 1. The van der Waals surface area contributed by atoms with Gasteiger partial charge in [-0.2, -0.15) is 0 Å². The molecule has 0 fully saturated rings. The number of nitrogens with one attached hydrogen (secondary N) is 1. The average molecular weight is 369 g/mol. The third kappa shape index (κ3) is 4.11. The Morgan fingerprint density at radius 1 is 1.12 bits per heavy atom. The molecule has 0 unspecified atom stereocenters. The van der Waals surface area contributed by atoms with E-state index in [4.69, 9.17) is 11.6 Å². The van der Waals surface area contributed by atoms with E-state index in [0.29, 0.717) is 23.1 Å². The minimum Gasteiger partial charge on any atom is -0.548 e. The second kappa shape index (κ2) is 7.70. The number of halogens is 1. The van der Waals surface area contributed by atoms with Crippen LogP contribution >= 0.6 is 11.6 Å². The van der Waals surface area contributed by atoms with Gasteiger partial charge in [0.15, 0.2) is 5.82 Å². The first-order chi connectivity index (χ1) is 12.4. The predicted molar refractivity (Wildman–Crippen MR) is 102 cm³/mol. The summed E-state index contributed by atoms with van der Waals surface area (Å²) in [5.74, 6) is 0.0450. The molecule has 0 aliphatic heterocycles. The topological polar surface area (TPSA) is 77.9 Å². The molecule has 0 radical (unpaired) electrons. The van der Waals surface area contributed by atoms with Crippen molar-refractivity contribution < 1.29 is 9.90 Å². The van der Waals surface area contributed by atoms with E-state index in [0.717, 1.165) is 16.5 Å². The van der Waals surface area contributed by atoms with Crippen LogP contribution in [0.15, 0.2) is 48.5 Å². The fourth-order valence-electron chi connectivity index (χ4n) is 2.77. The lowest BCUT2D eigenvalue weighted by Gasteiger charge is -2.23. The molecule has 0 saturated heterocycles. The number of fused-ring (bicyclic) bond motifs is 1. The van der Waals surface area contributed by atoms with Crippen molar-refractivity contribution in [3.63, 3.8) is 0 Å². The van der Waals surface area contributed by atoms with Gasteiger partial charge in [-0.3, -0.25) is 0 Å². The monoisotopic (exact) mass is 368 g/mol. The molecule has 1 N–H and O–H groups in total. The molecule has 0 bridgehead atoms. The van der Waals surface area contributed by atoms with Gasteiger partial charge in [-0.25, -0.2) is 9.97 Å². The highest BCUT2D eigenvalue weighted by atomic mass is 35.5. The molecule has 0 aliphatic rings. The summed E-state index contributed by atoms with van der Waals surface area (Å²) in [4.78, 5) is 20.7. The van der Waals surface area contributed by atoms with E-state index >= 15 is 0 Å². The Kier molecular flexibility index (Phi) is 5.38. The second-order valence-electron chi connectivity index (χ2n) is 6.57. The van der Waals surface area contributed by atoms with Crippen molar-refractivity contribution in [2.75, 3.05) is 5.32 Å². The van der Waals surface area contributed by atoms with E-state index in [1.54, 1.807) is 12.1 Å². The molecule has 0 aliphatic carbocycles. The van der Waals surface area contributed by atoms with Gasteiger partial charge in [0.05, 0.1) is 17.5 Å². The van der Waals surface area contributed by atoms with E-state index in [1.807, 2.05) is 50.2 Å². The molecule has 3 aromatic rings. The third-order valence-corrected chi connectivity index (χ3v) is 4.26. The minimum absolute atomic E-state index is 0.203. The summed E-state index contributed by atoms with van der Waals surface area (Å²) in [7, 11) is 0. The van der Waals surface area contributed by atoms with Crippen LogP contribution in [-0.2, 0) is 4.79 Å². The van der Waals surface area contributed by atoms with Gasteiger partial charge in [0, 0.05) is 16.0 Å². The number of benzene rings is 2. The van der Waals surface area contributed by atoms with E-state index in [1.165, 1.54) is 0 Å². The maximum absolute atomic E-state index is 11.5. The number of aliphatic carboxylic acids is 1. The Balaban J connectivity index is 2.07. The Bertz CT molecular complexity index is 926. The fourth-order valence-corrected chi connectivity index (χ4v) is 2.89. The van der Waals surface area contributed by atoms with E-state index in [9.17, 15) is 9.90 Å². The fraction of sp³-hybridized carbons (Fsp3) is 0.250. The standard InChI is InChI=1S/C20H20ClN3O2/c1-12(2)11-17(20(25)26)23-19-15-5-3-4-6-16(15)22-18(24-19)13-7-9-14(21)10-8-13/h3-10,12,17H,11H2,1-2H3,(H,25,26)(H,22,23,24)/p-1/t17-/m0/s1. The van der Waals surface area contributed by atoms with Crippen LogP contribution in [0, 0.1) is 5.92 Å². The van der Waals surface area contributed by atoms with Crippen LogP contribution in [0.5, 0.6) is 0 Å². The number of carbonyl (C=O) groups is 1. The molecular weight excluding hydrogens is 350 g/mol. The van der Waals surface area contributed by atoms with E-state index in [2.05, 4.69) is 15.3 Å². The van der Waals surface area contributed by atoms with Crippen molar-refractivity contribution in [3.05, 3.63) is 53.6 Å². The number of carboxylic acid groups (broad SMARTS) is 1. The number of aromatic nitrogens is 2. The number of para-hydroxylation sites is 1. The zero-order valence-electron chi connectivity index (χ0n) is 14.6. The molecule has 1 atom stereocenters. The first kappa shape index (κ1) is 18.1. The summed E-state index contributed by atoms with van der Waals surface area (Å²) in [6.45, 7) is 3.93. The van der Waals surface area contributed by atoms with Crippen LogP contribution in [0.3, 0.4) is 0 Å². The summed E-state index contributed by atoms with van der Waals surface area (Å²) < 4.78 is 0. The van der Waals surface area contributed by atoms with Gasteiger partial charge < -0.3 is 15.2 Å². The van der Waals surface area contributed by atoms with Crippen molar-refractivity contribution in [2.24, 2.45) is 5.92 Å². The summed E-state index contributed by atoms with van der Waals surface area (Å²) in [5, 5.41) is 16.0. The van der Waals surface area contributed by atoms with Crippen LogP contribution in [0.4, 0.5) is 5.82 Å². The lowest BCUT2D eigenvalue weighted by atomic mass is 10.0. The lowest BCUT2D eigenvalue weighted by Crippen LogP contribution is -2.42. The van der Waals surface area contributed by atoms with Crippen LogP contribution in [0.1, 0.15) is 20.3 Å². The van der Waals surface area contributed by atoms with Crippen LogP contribution < -0.4 is 10.4 Å². The lowest BCUT2D eigenvalue weighted by molar-refractivity contribution is -0.307. The predicted octanol–water partition coefficient (Wildman–Crippen LogP) is 3.53. The third-order valence-electron chi connectivity index (χ3n) is 4.01. The number of carbonyl (C=O) groups excluding carboxylic acids is 1.